The summed E-state index contributed by atoms with van der Waals surface area (Å²) in [6.07, 6.45) is 10.2. The smallest absolute Gasteiger partial charge is 0.323 e. The van der Waals surface area contributed by atoms with Gasteiger partial charge in [-0.05, 0) is 50.9 Å². The molecule has 0 aliphatic heterocycles. The number of nitrogens with zero attached hydrogens (tertiary/aromatic N) is 1. The van der Waals surface area contributed by atoms with Gasteiger partial charge in [0.15, 0.2) is 0 Å². The van der Waals surface area contributed by atoms with Gasteiger partial charge in [-0.25, -0.2) is 4.79 Å². The van der Waals surface area contributed by atoms with Gasteiger partial charge in [-0.3, -0.25) is 4.79 Å². The third kappa shape index (κ3) is 5.23. The Morgan fingerprint density at radius 1 is 1.35 bits per heavy atom. The lowest BCUT2D eigenvalue weighted by Crippen LogP contribution is -2.44. The number of hydrogen-bond donors (Lipinski definition) is 2. The van der Waals surface area contributed by atoms with Crippen LogP contribution < -0.4 is 5.32 Å². The van der Waals surface area contributed by atoms with E-state index in [9.17, 15) is 9.59 Å². The Kier molecular flexibility index (Phi) is 5.44. The molecule has 0 aromatic heterocycles. The van der Waals surface area contributed by atoms with Gasteiger partial charge < -0.3 is 15.3 Å². The molecule has 2 aliphatic rings. The number of hydrogen-bond acceptors (Lipinski definition) is 2. The quantitative estimate of drug-likeness (QED) is 0.703. The molecule has 20 heavy (non-hydrogen) atoms. The van der Waals surface area contributed by atoms with Crippen LogP contribution in [-0.2, 0) is 4.79 Å². The zero-order chi connectivity index (χ0) is 14.4. The topological polar surface area (TPSA) is 69.6 Å². The maximum Gasteiger partial charge on any atom is 0.323 e. The molecule has 2 aliphatic carbocycles. The van der Waals surface area contributed by atoms with E-state index < -0.39 is 5.97 Å². The number of amides is 2. The number of carbonyl (C=O) groups excluding carboxylic acids is 1. The van der Waals surface area contributed by atoms with Crippen molar-refractivity contribution in [2.75, 3.05) is 19.6 Å². The van der Waals surface area contributed by atoms with Crippen LogP contribution in [0.2, 0.25) is 0 Å². The van der Waals surface area contributed by atoms with Crippen LogP contribution in [0.1, 0.15) is 44.9 Å². The predicted molar refractivity (Wildman–Crippen MR) is 76.5 cm³/mol. The SMILES string of the molecule is O=C(O)CN(CC1CC1)C(=O)NCCC1=CCCCC1. The fraction of sp³-hybridized carbons (Fsp3) is 0.733. The van der Waals surface area contributed by atoms with E-state index in [1.807, 2.05) is 0 Å². The summed E-state index contributed by atoms with van der Waals surface area (Å²) < 4.78 is 0. The molecule has 0 aromatic carbocycles. The number of urea groups is 1. The first-order chi connectivity index (χ1) is 9.65. The Bertz CT molecular complexity index is 389. The molecule has 5 nitrogen and oxygen atoms in total. The summed E-state index contributed by atoms with van der Waals surface area (Å²) >= 11 is 0. The largest absolute Gasteiger partial charge is 0.480 e. The van der Waals surface area contributed by atoms with Gasteiger partial charge >= 0.3 is 12.0 Å². The molecule has 2 amide bonds. The molecule has 0 spiro atoms. The lowest BCUT2D eigenvalue weighted by atomic mass is 9.97. The van der Waals surface area contributed by atoms with Gasteiger partial charge in [0.2, 0.25) is 0 Å². The first kappa shape index (κ1) is 14.9. The summed E-state index contributed by atoms with van der Waals surface area (Å²) in [5.74, 6) is -0.447. The van der Waals surface area contributed by atoms with Crippen molar-refractivity contribution in [2.45, 2.75) is 44.9 Å². The molecular weight excluding hydrogens is 256 g/mol. The van der Waals surface area contributed by atoms with Crippen molar-refractivity contribution >= 4 is 12.0 Å². The van der Waals surface area contributed by atoms with Crippen molar-refractivity contribution in [1.29, 1.82) is 0 Å². The monoisotopic (exact) mass is 280 g/mol. The van der Waals surface area contributed by atoms with Crippen molar-refractivity contribution in [3.8, 4) is 0 Å². The third-order valence-corrected chi connectivity index (χ3v) is 3.90. The van der Waals surface area contributed by atoms with E-state index in [0.29, 0.717) is 19.0 Å². The van der Waals surface area contributed by atoms with E-state index in [1.54, 1.807) is 0 Å². The fourth-order valence-electron chi connectivity index (χ4n) is 2.57. The van der Waals surface area contributed by atoms with Gasteiger partial charge in [0.05, 0.1) is 0 Å². The Morgan fingerprint density at radius 3 is 2.75 bits per heavy atom. The van der Waals surface area contributed by atoms with Crippen LogP contribution in [0.3, 0.4) is 0 Å². The zero-order valence-corrected chi connectivity index (χ0v) is 11.9. The van der Waals surface area contributed by atoms with Crippen molar-refractivity contribution in [1.82, 2.24) is 10.2 Å². The lowest BCUT2D eigenvalue weighted by Gasteiger charge is -2.21. The Morgan fingerprint density at radius 2 is 2.15 bits per heavy atom. The van der Waals surface area contributed by atoms with Crippen molar-refractivity contribution in [3.63, 3.8) is 0 Å². The third-order valence-electron chi connectivity index (χ3n) is 3.90. The van der Waals surface area contributed by atoms with Crippen LogP contribution in [0.4, 0.5) is 4.79 Å². The van der Waals surface area contributed by atoms with Crippen LogP contribution in [0.15, 0.2) is 11.6 Å². The standard InChI is InChI=1S/C15H24N2O3/c18-14(19)11-17(10-13-6-7-13)15(20)16-9-8-12-4-2-1-3-5-12/h4,13H,1-3,5-11H2,(H,16,20)(H,18,19). The molecule has 0 unspecified atom stereocenters. The summed E-state index contributed by atoms with van der Waals surface area (Å²) in [4.78, 5) is 24.2. The molecule has 0 bridgehead atoms. The van der Waals surface area contributed by atoms with E-state index in [1.165, 1.54) is 23.3 Å². The molecule has 5 heteroatoms. The van der Waals surface area contributed by atoms with Crippen LogP contribution in [0, 0.1) is 5.92 Å². The molecule has 1 fully saturated rings. The Labute approximate surface area is 120 Å². The minimum atomic E-state index is -0.948. The van der Waals surface area contributed by atoms with E-state index in [4.69, 9.17) is 5.11 Å². The van der Waals surface area contributed by atoms with Gasteiger partial charge in [0.25, 0.3) is 0 Å². The second-order valence-electron chi connectivity index (χ2n) is 5.81. The highest BCUT2D eigenvalue weighted by Gasteiger charge is 2.27. The maximum atomic E-state index is 12.0. The summed E-state index contributed by atoms with van der Waals surface area (Å²) in [5.41, 5.74) is 1.42. The van der Waals surface area contributed by atoms with Gasteiger partial charge in [-0.2, -0.15) is 0 Å². The molecule has 0 saturated heterocycles. The number of aliphatic carboxylic acids is 1. The van der Waals surface area contributed by atoms with E-state index in [-0.39, 0.29) is 12.6 Å². The number of allylic oxidation sites excluding steroid dienone is 1. The van der Waals surface area contributed by atoms with Crippen LogP contribution in [0.25, 0.3) is 0 Å². The van der Waals surface area contributed by atoms with E-state index in [2.05, 4.69) is 11.4 Å². The van der Waals surface area contributed by atoms with E-state index >= 15 is 0 Å². The first-order valence-corrected chi connectivity index (χ1v) is 7.57. The maximum absolute atomic E-state index is 12.0. The zero-order valence-electron chi connectivity index (χ0n) is 11.9. The highest BCUT2D eigenvalue weighted by atomic mass is 16.4. The highest BCUT2D eigenvalue weighted by molar-refractivity contribution is 5.80. The number of carboxylic acids is 1. The molecule has 112 valence electrons. The number of carbonyl (C=O) groups is 2. The molecular formula is C15H24N2O3. The van der Waals surface area contributed by atoms with Gasteiger partial charge in [-0.1, -0.05) is 11.6 Å². The molecule has 0 radical (unpaired) electrons. The summed E-state index contributed by atoms with van der Waals surface area (Å²) in [7, 11) is 0. The molecule has 2 N–H and O–H groups in total. The molecule has 2 rings (SSSR count). The summed E-state index contributed by atoms with van der Waals surface area (Å²) in [6, 6.07) is -0.240. The molecule has 0 aromatic rings. The summed E-state index contributed by atoms with van der Waals surface area (Å²) in [6.45, 7) is 0.970. The van der Waals surface area contributed by atoms with Gasteiger partial charge in [0, 0.05) is 13.1 Å². The minimum Gasteiger partial charge on any atom is -0.480 e. The van der Waals surface area contributed by atoms with Crippen LogP contribution in [-0.4, -0.2) is 41.6 Å². The minimum absolute atomic E-state index is 0.203. The number of nitrogens with one attached hydrogen (secondary N) is 1. The normalized spacial score (nSPS) is 18.3. The molecule has 0 atom stereocenters. The number of rotatable bonds is 7. The second-order valence-corrected chi connectivity index (χ2v) is 5.81. The Hall–Kier alpha value is -1.52. The van der Waals surface area contributed by atoms with Crippen molar-refractivity contribution in [3.05, 3.63) is 11.6 Å². The average Bonchev–Trinajstić information content (AvgIpc) is 3.22. The Balaban J connectivity index is 1.72. The number of carboxylic acid groups (broad SMARTS) is 1. The van der Waals surface area contributed by atoms with E-state index in [0.717, 1.165) is 32.1 Å². The van der Waals surface area contributed by atoms with Crippen molar-refractivity contribution in [2.24, 2.45) is 5.92 Å². The average molecular weight is 280 g/mol. The second kappa shape index (κ2) is 7.31. The van der Waals surface area contributed by atoms with Gasteiger partial charge in [-0.15, -0.1) is 0 Å². The molecule has 1 saturated carbocycles. The summed E-state index contributed by atoms with van der Waals surface area (Å²) in [5, 5.41) is 11.7. The van der Waals surface area contributed by atoms with Gasteiger partial charge in [0.1, 0.15) is 6.54 Å². The van der Waals surface area contributed by atoms with Crippen LogP contribution in [0.5, 0.6) is 0 Å². The van der Waals surface area contributed by atoms with Crippen LogP contribution >= 0.6 is 0 Å². The van der Waals surface area contributed by atoms with Crippen molar-refractivity contribution < 1.29 is 14.7 Å². The lowest BCUT2D eigenvalue weighted by molar-refractivity contribution is -0.137. The predicted octanol–water partition coefficient (Wildman–Crippen LogP) is 2.38. The first-order valence-electron chi connectivity index (χ1n) is 7.57. The highest BCUT2D eigenvalue weighted by Crippen LogP contribution is 2.29. The molecule has 0 heterocycles. The fourth-order valence-corrected chi connectivity index (χ4v) is 2.57.